The minimum absolute atomic E-state index is 0.112. The van der Waals surface area contributed by atoms with Crippen LogP contribution in [0.15, 0.2) is 60.8 Å². The number of aromatic hydroxyl groups is 1. The number of phenols is 1. The van der Waals surface area contributed by atoms with Gasteiger partial charge in [-0.25, -0.2) is 9.37 Å². The van der Waals surface area contributed by atoms with Crippen molar-refractivity contribution in [1.29, 1.82) is 0 Å². The lowest BCUT2D eigenvalue weighted by atomic mass is 9.98. The van der Waals surface area contributed by atoms with Crippen molar-refractivity contribution in [3.8, 4) is 28.3 Å². The standard InChI is InChI=1S/C25H20FN5O/c26-17-9-16(10-18(32)12-17)19-5-8-28-25-20(19)13-23(29-25)24-21-11-15(1-2-22(21)30-31-24)14-3-6-27-7-4-14/h1-3,5,8-13,27,32H,4,6-7H2,(H,28,29)(H,30,31). The summed E-state index contributed by atoms with van der Waals surface area (Å²) in [7, 11) is 0. The van der Waals surface area contributed by atoms with Crippen molar-refractivity contribution in [2.45, 2.75) is 6.42 Å². The topological polar surface area (TPSA) is 89.6 Å². The van der Waals surface area contributed by atoms with E-state index < -0.39 is 5.82 Å². The molecule has 4 heterocycles. The Morgan fingerprint density at radius 1 is 0.969 bits per heavy atom. The number of halogens is 1. The first-order valence-electron chi connectivity index (χ1n) is 10.5. The number of hydrogen-bond acceptors (Lipinski definition) is 4. The zero-order valence-electron chi connectivity index (χ0n) is 17.1. The largest absolute Gasteiger partial charge is 0.508 e. The highest BCUT2D eigenvalue weighted by Gasteiger charge is 2.16. The molecule has 0 atom stereocenters. The number of benzene rings is 2. The highest BCUT2D eigenvalue weighted by molar-refractivity contribution is 6.00. The second kappa shape index (κ2) is 7.32. The van der Waals surface area contributed by atoms with E-state index in [2.05, 4.69) is 49.8 Å². The van der Waals surface area contributed by atoms with Gasteiger partial charge >= 0.3 is 0 Å². The molecule has 0 saturated carbocycles. The molecule has 0 saturated heterocycles. The summed E-state index contributed by atoms with van der Waals surface area (Å²) in [5.74, 6) is -0.600. The van der Waals surface area contributed by atoms with Crippen LogP contribution in [0.5, 0.6) is 5.75 Å². The van der Waals surface area contributed by atoms with Gasteiger partial charge in [-0.15, -0.1) is 0 Å². The lowest BCUT2D eigenvalue weighted by molar-refractivity contribution is 0.469. The van der Waals surface area contributed by atoms with Crippen LogP contribution in [0.2, 0.25) is 0 Å². The van der Waals surface area contributed by atoms with Crippen molar-refractivity contribution in [3.63, 3.8) is 0 Å². The van der Waals surface area contributed by atoms with E-state index >= 15 is 0 Å². The predicted molar refractivity (Wildman–Crippen MR) is 124 cm³/mol. The lowest BCUT2D eigenvalue weighted by Crippen LogP contribution is -2.19. The molecule has 0 aliphatic carbocycles. The maximum Gasteiger partial charge on any atom is 0.138 e. The number of pyridine rings is 1. The minimum atomic E-state index is -0.487. The summed E-state index contributed by atoms with van der Waals surface area (Å²) in [6.45, 7) is 1.87. The average Bonchev–Trinajstić information content (AvgIpc) is 3.42. The Kier molecular flexibility index (Phi) is 4.29. The molecule has 1 aliphatic heterocycles. The molecule has 158 valence electrons. The first-order chi connectivity index (χ1) is 15.7. The van der Waals surface area contributed by atoms with Crippen molar-refractivity contribution in [2.75, 3.05) is 13.1 Å². The van der Waals surface area contributed by atoms with Gasteiger partial charge in [0.15, 0.2) is 0 Å². The number of aromatic nitrogens is 4. The SMILES string of the molecule is Oc1cc(F)cc(-c2ccnc3[nH]c(-c4n[nH]c5ccc(C6=CCNCC6)cc45)cc23)c1. The Balaban J connectivity index is 1.49. The molecular formula is C25H20FN5O. The summed E-state index contributed by atoms with van der Waals surface area (Å²) in [5.41, 5.74) is 7.18. The molecule has 0 radical (unpaired) electrons. The van der Waals surface area contributed by atoms with Crippen LogP contribution in [0, 0.1) is 5.82 Å². The Bertz CT molecular complexity index is 1490. The predicted octanol–water partition coefficient (Wildman–Crippen LogP) is 4.99. The quantitative estimate of drug-likeness (QED) is 0.328. The van der Waals surface area contributed by atoms with Crippen molar-refractivity contribution in [3.05, 3.63) is 72.2 Å². The van der Waals surface area contributed by atoms with E-state index in [-0.39, 0.29) is 5.75 Å². The van der Waals surface area contributed by atoms with Crippen molar-refractivity contribution in [1.82, 2.24) is 25.5 Å². The molecule has 6 nitrogen and oxygen atoms in total. The zero-order valence-corrected chi connectivity index (χ0v) is 17.1. The number of phenolic OH excluding ortho intramolecular Hbond substituents is 1. The fourth-order valence-corrected chi connectivity index (χ4v) is 4.44. The number of fused-ring (bicyclic) bond motifs is 2. The summed E-state index contributed by atoms with van der Waals surface area (Å²) in [6, 6.07) is 14.2. The van der Waals surface area contributed by atoms with E-state index in [1.807, 2.05) is 12.1 Å². The zero-order chi connectivity index (χ0) is 21.7. The normalized spacial score (nSPS) is 14.2. The van der Waals surface area contributed by atoms with E-state index in [9.17, 15) is 9.50 Å². The van der Waals surface area contributed by atoms with Crippen LogP contribution in [0.3, 0.4) is 0 Å². The van der Waals surface area contributed by atoms with Crippen LogP contribution in [0.1, 0.15) is 12.0 Å². The van der Waals surface area contributed by atoms with Crippen LogP contribution in [-0.4, -0.2) is 38.4 Å². The first-order valence-corrected chi connectivity index (χ1v) is 10.5. The summed E-state index contributed by atoms with van der Waals surface area (Å²) >= 11 is 0. The molecule has 4 N–H and O–H groups in total. The van der Waals surface area contributed by atoms with E-state index in [0.29, 0.717) is 11.2 Å². The molecule has 6 rings (SSSR count). The van der Waals surface area contributed by atoms with Crippen molar-refractivity contribution < 1.29 is 9.50 Å². The molecule has 0 unspecified atom stereocenters. The summed E-state index contributed by atoms with van der Waals surface area (Å²) in [6.07, 6.45) is 4.90. The van der Waals surface area contributed by atoms with E-state index in [1.54, 1.807) is 12.3 Å². The smallest absolute Gasteiger partial charge is 0.138 e. The number of H-pyrrole nitrogens is 2. The number of rotatable bonds is 3. The van der Waals surface area contributed by atoms with Crippen LogP contribution in [0.4, 0.5) is 4.39 Å². The molecule has 0 amide bonds. The third kappa shape index (κ3) is 3.14. The van der Waals surface area contributed by atoms with Gasteiger partial charge in [-0.1, -0.05) is 12.1 Å². The Morgan fingerprint density at radius 2 is 1.91 bits per heavy atom. The molecule has 5 aromatic rings. The third-order valence-electron chi connectivity index (χ3n) is 5.98. The maximum absolute atomic E-state index is 13.9. The molecule has 7 heteroatoms. The van der Waals surface area contributed by atoms with Crippen LogP contribution >= 0.6 is 0 Å². The molecule has 2 aromatic carbocycles. The van der Waals surface area contributed by atoms with Crippen molar-refractivity contribution in [2.24, 2.45) is 0 Å². The lowest BCUT2D eigenvalue weighted by Gasteiger charge is -2.14. The summed E-state index contributed by atoms with van der Waals surface area (Å²) < 4.78 is 13.9. The Morgan fingerprint density at radius 3 is 2.75 bits per heavy atom. The van der Waals surface area contributed by atoms with Crippen LogP contribution < -0.4 is 5.32 Å². The van der Waals surface area contributed by atoms with Gasteiger partial charge in [-0.05, 0) is 71.6 Å². The summed E-state index contributed by atoms with van der Waals surface area (Å²) in [5, 5.41) is 22.7. The highest BCUT2D eigenvalue weighted by Crippen LogP contribution is 2.35. The number of nitrogens with zero attached hydrogens (tertiary/aromatic N) is 2. The van der Waals surface area contributed by atoms with Crippen molar-refractivity contribution >= 4 is 27.5 Å². The first kappa shape index (κ1) is 18.8. The van der Waals surface area contributed by atoms with Gasteiger partial charge < -0.3 is 15.4 Å². The minimum Gasteiger partial charge on any atom is -0.508 e. The van der Waals surface area contributed by atoms with Gasteiger partial charge in [0.1, 0.15) is 22.9 Å². The second-order valence-corrected chi connectivity index (χ2v) is 8.02. The molecule has 0 spiro atoms. The van der Waals surface area contributed by atoms with Gasteiger partial charge in [-0.2, -0.15) is 5.10 Å². The average molecular weight is 425 g/mol. The number of aromatic amines is 2. The van der Waals surface area contributed by atoms with Gasteiger partial charge in [0.25, 0.3) is 0 Å². The monoisotopic (exact) mass is 425 g/mol. The second-order valence-electron chi connectivity index (χ2n) is 8.02. The third-order valence-corrected chi connectivity index (χ3v) is 5.98. The molecule has 32 heavy (non-hydrogen) atoms. The fourth-order valence-electron chi connectivity index (χ4n) is 4.44. The molecule has 3 aromatic heterocycles. The Labute approximate surface area is 182 Å². The molecular weight excluding hydrogens is 405 g/mol. The van der Waals surface area contributed by atoms with Gasteiger partial charge in [-0.3, -0.25) is 5.10 Å². The summed E-state index contributed by atoms with van der Waals surface area (Å²) in [4.78, 5) is 7.80. The van der Waals surface area contributed by atoms with E-state index in [1.165, 1.54) is 17.2 Å². The van der Waals surface area contributed by atoms with Gasteiger partial charge in [0.2, 0.25) is 0 Å². The molecule has 1 aliphatic rings. The fraction of sp³-hybridized carbons (Fsp3) is 0.120. The number of hydrogen-bond donors (Lipinski definition) is 4. The number of nitrogens with one attached hydrogen (secondary N) is 3. The molecule has 0 bridgehead atoms. The van der Waals surface area contributed by atoms with E-state index in [4.69, 9.17) is 0 Å². The van der Waals surface area contributed by atoms with Gasteiger partial charge in [0, 0.05) is 29.6 Å². The molecule has 0 fully saturated rings. The maximum atomic E-state index is 13.9. The van der Waals surface area contributed by atoms with Crippen LogP contribution in [0.25, 0.3) is 50.0 Å². The Hall–Kier alpha value is -3.97. The highest BCUT2D eigenvalue weighted by atomic mass is 19.1. The van der Waals surface area contributed by atoms with Crippen LogP contribution in [-0.2, 0) is 0 Å². The van der Waals surface area contributed by atoms with Gasteiger partial charge in [0.05, 0.1) is 11.2 Å². The van der Waals surface area contributed by atoms with E-state index in [0.717, 1.165) is 58.8 Å².